The van der Waals surface area contributed by atoms with Crippen LogP contribution in [0, 0.1) is 10.1 Å². The number of carboxylic acids is 2. The number of carboxylic acid groups (broad SMARTS) is 2. The van der Waals surface area contributed by atoms with Gasteiger partial charge in [0.1, 0.15) is 0 Å². The highest BCUT2D eigenvalue weighted by atomic mass is 16.9. The number of nitrogens with zero attached hydrogens (tertiary/aromatic N) is 1. The molecule has 0 aromatic rings. The molecular weight excluding hydrogens is 206 g/mol. The van der Waals surface area contributed by atoms with Crippen molar-refractivity contribution in [2.45, 2.75) is 12.2 Å². The fraction of sp³-hybridized carbons (Fsp3) is 0.500. The summed E-state index contributed by atoms with van der Waals surface area (Å²) in [5, 5.41) is 46.2. The van der Waals surface area contributed by atoms with Crippen LogP contribution in [0.15, 0.2) is 0 Å². The minimum atomic E-state index is -2.27. The first-order valence-electron chi connectivity index (χ1n) is 2.85. The third kappa shape index (κ3) is 8.16. The van der Waals surface area contributed by atoms with Crippen molar-refractivity contribution in [1.29, 1.82) is 0 Å². The summed E-state index contributed by atoms with van der Waals surface area (Å²) in [6.07, 6.45) is -4.53. The summed E-state index contributed by atoms with van der Waals surface area (Å²) < 4.78 is 0. The lowest BCUT2D eigenvalue weighted by Gasteiger charge is -2.07. The SMILES string of the molecule is O=C(O)C(O)C(O)C(=O)O.O=[N+]([O-])O. The number of hydrogen-bond donors (Lipinski definition) is 5. The molecule has 14 heavy (non-hydrogen) atoms. The van der Waals surface area contributed by atoms with Crippen molar-refractivity contribution in [3.8, 4) is 0 Å². The summed E-state index contributed by atoms with van der Waals surface area (Å²) in [5.41, 5.74) is 0. The van der Waals surface area contributed by atoms with Gasteiger partial charge in [0.2, 0.25) is 0 Å². The Labute approximate surface area is 75.7 Å². The summed E-state index contributed by atoms with van der Waals surface area (Å²) >= 11 is 0. The van der Waals surface area contributed by atoms with Gasteiger partial charge >= 0.3 is 11.9 Å². The second-order valence-corrected chi connectivity index (χ2v) is 1.80. The highest BCUT2D eigenvalue weighted by Crippen LogP contribution is 1.92. The lowest BCUT2D eigenvalue weighted by Crippen LogP contribution is -2.39. The molecule has 2 atom stereocenters. The average Bonchev–Trinajstić information content (AvgIpc) is 2.00. The Morgan fingerprint density at radius 2 is 1.21 bits per heavy atom. The largest absolute Gasteiger partial charge is 0.479 e. The summed E-state index contributed by atoms with van der Waals surface area (Å²) in [4.78, 5) is 27.9. The number of rotatable bonds is 3. The maximum absolute atomic E-state index is 9.77. The molecule has 0 heterocycles. The average molecular weight is 213 g/mol. The normalized spacial score (nSPS) is 13.0. The molecule has 0 aliphatic heterocycles. The fourth-order valence-corrected chi connectivity index (χ4v) is 0.270. The predicted octanol–water partition coefficient (Wildman–Crippen LogP) is -2.47. The van der Waals surface area contributed by atoms with E-state index in [2.05, 4.69) is 0 Å². The topological polar surface area (TPSA) is 178 Å². The number of aliphatic hydroxyl groups is 2. The molecule has 0 aromatic carbocycles. The van der Waals surface area contributed by atoms with Gasteiger partial charge in [-0.2, -0.15) is 0 Å². The van der Waals surface area contributed by atoms with Gasteiger partial charge in [0, 0.05) is 0 Å². The van der Waals surface area contributed by atoms with E-state index >= 15 is 0 Å². The molecule has 10 nitrogen and oxygen atoms in total. The van der Waals surface area contributed by atoms with E-state index in [1.807, 2.05) is 0 Å². The third-order valence-corrected chi connectivity index (χ3v) is 0.805. The third-order valence-electron chi connectivity index (χ3n) is 0.805. The Balaban J connectivity index is 0. The van der Waals surface area contributed by atoms with Crippen molar-refractivity contribution >= 4 is 11.9 Å². The monoisotopic (exact) mass is 213 g/mol. The quantitative estimate of drug-likeness (QED) is 0.250. The van der Waals surface area contributed by atoms with E-state index in [1.54, 1.807) is 0 Å². The molecule has 0 rings (SSSR count). The maximum atomic E-state index is 9.77. The molecule has 0 aliphatic carbocycles. The van der Waals surface area contributed by atoms with Crippen molar-refractivity contribution in [2.75, 3.05) is 0 Å². The minimum absolute atomic E-state index is 1.50. The molecule has 0 saturated heterocycles. The van der Waals surface area contributed by atoms with Crippen LogP contribution in [-0.4, -0.2) is 54.9 Å². The molecule has 0 bridgehead atoms. The van der Waals surface area contributed by atoms with Gasteiger partial charge in [-0.25, -0.2) is 9.59 Å². The van der Waals surface area contributed by atoms with Crippen LogP contribution in [-0.2, 0) is 9.59 Å². The standard InChI is InChI=1S/C4H6O6.HNO3/c5-1(3(7)8)2(6)4(9)10;2-1(3)4/h1-2,5-6H,(H,7,8)(H,9,10);(H,2,3,4). The highest BCUT2D eigenvalue weighted by molar-refractivity contribution is 5.82. The molecule has 5 N–H and O–H groups in total. The van der Waals surface area contributed by atoms with Crippen LogP contribution in [0.1, 0.15) is 0 Å². The van der Waals surface area contributed by atoms with Crippen LogP contribution < -0.4 is 0 Å². The highest BCUT2D eigenvalue weighted by Gasteiger charge is 2.29. The molecule has 0 aliphatic rings. The second-order valence-electron chi connectivity index (χ2n) is 1.80. The zero-order valence-electron chi connectivity index (χ0n) is 6.47. The molecule has 2 unspecified atom stereocenters. The van der Waals surface area contributed by atoms with Crippen molar-refractivity contribution in [3.05, 3.63) is 10.1 Å². The van der Waals surface area contributed by atoms with E-state index < -0.39 is 29.2 Å². The number of aliphatic carboxylic acids is 2. The predicted molar refractivity (Wildman–Crippen MR) is 36.1 cm³/mol. The van der Waals surface area contributed by atoms with Crippen LogP contribution in [0.25, 0.3) is 0 Å². The van der Waals surface area contributed by atoms with Crippen molar-refractivity contribution < 1.29 is 40.3 Å². The minimum Gasteiger partial charge on any atom is -0.479 e. The Bertz CT molecular complexity index is 203. The van der Waals surface area contributed by atoms with E-state index in [0.29, 0.717) is 0 Å². The Morgan fingerprint density at radius 3 is 1.29 bits per heavy atom. The summed E-state index contributed by atoms with van der Waals surface area (Å²) in [7, 11) is 0. The van der Waals surface area contributed by atoms with E-state index in [4.69, 9.17) is 35.7 Å². The van der Waals surface area contributed by atoms with Gasteiger partial charge in [0.05, 0.1) is 0 Å². The first kappa shape index (κ1) is 14.6. The molecule has 10 heteroatoms. The fourth-order valence-electron chi connectivity index (χ4n) is 0.270. The number of carbonyl (C=O) groups is 2. The van der Waals surface area contributed by atoms with Crippen LogP contribution in [0.5, 0.6) is 0 Å². The maximum Gasteiger partial charge on any atom is 0.335 e. The zero-order valence-corrected chi connectivity index (χ0v) is 6.47. The lowest BCUT2D eigenvalue weighted by molar-refractivity contribution is -0.742. The Hall–Kier alpha value is -1.94. The van der Waals surface area contributed by atoms with Crippen molar-refractivity contribution in [2.24, 2.45) is 0 Å². The van der Waals surface area contributed by atoms with E-state index in [0.717, 1.165) is 0 Å². The van der Waals surface area contributed by atoms with Crippen molar-refractivity contribution in [3.63, 3.8) is 0 Å². The molecule has 0 aromatic heterocycles. The van der Waals surface area contributed by atoms with Gasteiger partial charge in [-0.3, -0.25) is 0 Å². The zero-order chi connectivity index (χ0) is 11.9. The second kappa shape index (κ2) is 6.56. The van der Waals surface area contributed by atoms with Gasteiger partial charge in [-0.15, -0.1) is 10.1 Å². The van der Waals surface area contributed by atoms with Crippen LogP contribution >= 0.6 is 0 Å². The Morgan fingerprint density at radius 1 is 1.07 bits per heavy atom. The van der Waals surface area contributed by atoms with Crippen molar-refractivity contribution in [1.82, 2.24) is 0 Å². The molecule has 82 valence electrons. The first-order valence-corrected chi connectivity index (χ1v) is 2.85. The number of hydrogen-bond acceptors (Lipinski definition) is 6. The van der Waals surface area contributed by atoms with E-state index in [9.17, 15) is 9.59 Å². The molecule has 0 spiro atoms. The molecule has 0 radical (unpaired) electrons. The van der Waals surface area contributed by atoms with Gasteiger partial charge in [-0.05, 0) is 0 Å². The molecular formula is C4H7NO9. The Kier molecular flexibility index (Phi) is 6.83. The van der Waals surface area contributed by atoms with E-state index in [1.165, 1.54) is 0 Å². The molecule has 0 fully saturated rings. The van der Waals surface area contributed by atoms with Gasteiger partial charge in [0.25, 0.3) is 5.09 Å². The smallest absolute Gasteiger partial charge is 0.335 e. The first-order chi connectivity index (χ1) is 6.20. The summed E-state index contributed by atoms with van der Waals surface area (Å²) in [5.74, 6) is -3.54. The van der Waals surface area contributed by atoms with Gasteiger partial charge in [-0.1, -0.05) is 0 Å². The van der Waals surface area contributed by atoms with Gasteiger partial charge < -0.3 is 25.6 Å². The molecule has 0 saturated carbocycles. The van der Waals surface area contributed by atoms with Crippen LogP contribution in [0.4, 0.5) is 0 Å². The summed E-state index contributed by atoms with van der Waals surface area (Å²) in [6.45, 7) is 0. The van der Waals surface area contributed by atoms with Crippen LogP contribution in [0.3, 0.4) is 0 Å². The number of aliphatic hydroxyl groups excluding tert-OH is 2. The van der Waals surface area contributed by atoms with Crippen LogP contribution in [0.2, 0.25) is 0 Å². The molecule has 0 amide bonds. The van der Waals surface area contributed by atoms with Gasteiger partial charge in [0.15, 0.2) is 12.2 Å². The summed E-state index contributed by atoms with van der Waals surface area (Å²) in [6, 6.07) is 0. The lowest BCUT2D eigenvalue weighted by atomic mass is 10.2. The van der Waals surface area contributed by atoms with E-state index in [-0.39, 0.29) is 0 Å².